The average Bonchev–Trinajstić information content (AvgIpc) is 2.69. The van der Waals surface area contributed by atoms with Gasteiger partial charge in [0.2, 0.25) is 0 Å². The highest BCUT2D eigenvalue weighted by atomic mass is 79.9. The van der Waals surface area contributed by atoms with Gasteiger partial charge in [-0.1, -0.05) is 22.9 Å². The highest BCUT2D eigenvalue weighted by Crippen LogP contribution is 2.26. The van der Waals surface area contributed by atoms with Gasteiger partial charge in [-0.15, -0.1) is 0 Å². The number of hydrogen-bond acceptors (Lipinski definition) is 2. The molecule has 1 saturated heterocycles. The Labute approximate surface area is 116 Å². The molecule has 1 fully saturated rings. The van der Waals surface area contributed by atoms with Crippen molar-refractivity contribution in [3.05, 3.63) is 17.5 Å². The first-order valence-corrected chi connectivity index (χ1v) is 7.34. The van der Waals surface area contributed by atoms with Crippen LogP contribution in [0.15, 0.2) is 6.20 Å². The van der Waals surface area contributed by atoms with E-state index in [0.29, 0.717) is 10.7 Å². The van der Waals surface area contributed by atoms with Crippen LogP contribution in [0, 0.1) is 12.8 Å². The maximum atomic E-state index is 12.4. The Morgan fingerprint density at radius 3 is 2.56 bits per heavy atom. The number of carbonyl (C=O) groups excluding carboxylic acids is 1. The zero-order valence-corrected chi connectivity index (χ0v) is 12.8. The lowest BCUT2D eigenvalue weighted by atomic mass is 9.94. The van der Waals surface area contributed by atoms with Crippen molar-refractivity contribution < 1.29 is 4.79 Å². The molecule has 1 aliphatic rings. The minimum absolute atomic E-state index is 0.126. The Balaban J connectivity index is 2.02. The predicted octanol–water partition coefficient (Wildman–Crippen LogP) is 2.36. The second kappa shape index (κ2) is 5.43. The van der Waals surface area contributed by atoms with E-state index in [-0.39, 0.29) is 5.91 Å². The fourth-order valence-electron chi connectivity index (χ4n) is 2.44. The number of amides is 1. The highest BCUT2D eigenvalue weighted by molar-refractivity contribution is 9.09. The summed E-state index contributed by atoms with van der Waals surface area (Å²) in [5.74, 6) is 0.810. The van der Waals surface area contributed by atoms with Gasteiger partial charge < -0.3 is 4.90 Å². The van der Waals surface area contributed by atoms with Crippen molar-refractivity contribution in [3.63, 3.8) is 0 Å². The summed E-state index contributed by atoms with van der Waals surface area (Å²) < 4.78 is 1.75. The van der Waals surface area contributed by atoms with Crippen LogP contribution in [-0.4, -0.2) is 38.5 Å². The summed E-state index contributed by atoms with van der Waals surface area (Å²) in [6.07, 6.45) is 3.84. The molecular weight excluding hydrogens is 294 g/mol. The van der Waals surface area contributed by atoms with Crippen LogP contribution in [0.1, 0.15) is 35.8 Å². The SMILES string of the molecule is Cc1c(C(=O)N2CCC(C(C)Br)CC2)cnn1C. The normalized spacial score (nSPS) is 19.0. The van der Waals surface area contributed by atoms with Gasteiger partial charge in [-0.05, 0) is 25.7 Å². The molecule has 1 aromatic rings. The van der Waals surface area contributed by atoms with E-state index in [1.807, 2.05) is 18.9 Å². The number of likely N-dealkylation sites (tertiary alicyclic amines) is 1. The van der Waals surface area contributed by atoms with Gasteiger partial charge in [0.05, 0.1) is 11.8 Å². The topological polar surface area (TPSA) is 38.1 Å². The number of nitrogens with zero attached hydrogens (tertiary/aromatic N) is 3. The molecule has 2 rings (SSSR count). The van der Waals surface area contributed by atoms with Crippen LogP contribution in [0.4, 0.5) is 0 Å². The molecule has 1 aromatic heterocycles. The Bertz CT molecular complexity index is 433. The molecule has 18 heavy (non-hydrogen) atoms. The molecule has 0 aromatic carbocycles. The first-order chi connectivity index (χ1) is 8.50. The molecule has 0 spiro atoms. The fraction of sp³-hybridized carbons (Fsp3) is 0.692. The van der Waals surface area contributed by atoms with Gasteiger partial charge in [0.25, 0.3) is 5.91 Å². The predicted molar refractivity (Wildman–Crippen MR) is 75.0 cm³/mol. The first kappa shape index (κ1) is 13.6. The molecule has 0 saturated carbocycles. The van der Waals surface area contributed by atoms with Crippen LogP contribution in [-0.2, 0) is 7.05 Å². The summed E-state index contributed by atoms with van der Waals surface area (Å²) in [7, 11) is 1.87. The Kier molecular flexibility index (Phi) is 4.10. The minimum Gasteiger partial charge on any atom is -0.339 e. The molecule has 0 radical (unpaired) electrons. The lowest BCUT2D eigenvalue weighted by Crippen LogP contribution is -2.40. The molecule has 0 N–H and O–H groups in total. The van der Waals surface area contributed by atoms with Gasteiger partial charge in [-0.2, -0.15) is 5.10 Å². The largest absolute Gasteiger partial charge is 0.339 e. The summed E-state index contributed by atoms with van der Waals surface area (Å²) in [6, 6.07) is 0. The quantitative estimate of drug-likeness (QED) is 0.786. The second-order valence-corrected chi connectivity index (χ2v) is 6.52. The van der Waals surface area contributed by atoms with Gasteiger partial charge in [0.1, 0.15) is 0 Å². The smallest absolute Gasteiger partial charge is 0.257 e. The first-order valence-electron chi connectivity index (χ1n) is 6.42. The summed E-state index contributed by atoms with van der Waals surface area (Å²) in [6.45, 7) is 5.84. The summed E-state index contributed by atoms with van der Waals surface area (Å²) in [4.78, 5) is 14.9. The van der Waals surface area contributed by atoms with E-state index in [1.165, 1.54) is 0 Å². The second-order valence-electron chi connectivity index (χ2n) is 5.07. The molecule has 1 amide bonds. The average molecular weight is 314 g/mol. The molecule has 0 bridgehead atoms. The molecule has 4 nitrogen and oxygen atoms in total. The summed E-state index contributed by atoms with van der Waals surface area (Å²) in [5.41, 5.74) is 1.68. The van der Waals surface area contributed by atoms with E-state index in [0.717, 1.165) is 37.2 Å². The third-order valence-electron chi connectivity index (χ3n) is 3.94. The van der Waals surface area contributed by atoms with Crippen molar-refractivity contribution in [3.8, 4) is 0 Å². The molecule has 5 heteroatoms. The van der Waals surface area contributed by atoms with Gasteiger partial charge in [-0.3, -0.25) is 9.48 Å². The molecule has 0 aliphatic carbocycles. The number of piperidine rings is 1. The van der Waals surface area contributed by atoms with Crippen molar-refractivity contribution in [2.24, 2.45) is 13.0 Å². The number of alkyl halides is 1. The maximum absolute atomic E-state index is 12.4. The molecule has 1 aliphatic heterocycles. The Hall–Kier alpha value is -0.840. The number of aryl methyl sites for hydroxylation is 1. The number of carbonyl (C=O) groups is 1. The van der Waals surface area contributed by atoms with E-state index >= 15 is 0 Å². The highest BCUT2D eigenvalue weighted by Gasteiger charge is 2.27. The summed E-state index contributed by atoms with van der Waals surface area (Å²) in [5, 5.41) is 4.14. The minimum atomic E-state index is 0.126. The standard InChI is InChI=1S/C13H20BrN3O/c1-9(14)11-4-6-17(7-5-11)13(18)12-8-15-16(3)10(12)2/h8-9,11H,4-7H2,1-3H3. The maximum Gasteiger partial charge on any atom is 0.257 e. The van der Waals surface area contributed by atoms with Gasteiger partial charge in [0.15, 0.2) is 0 Å². The number of halogens is 1. The van der Waals surface area contributed by atoms with Gasteiger partial charge >= 0.3 is 0 Å². The molecule has 2 heterocycles. The summed E-state index contributed by atoms with van der Waals surface area (Å²) >= 11 is 3.64. The van der Waals surface area contributed by atoms with E-state index < -0.39 is 0 Å². The van der Waals surface area contributed by atoms with Crippen LogP contribution < -0.4 is 0 Å². The molecule has 1 atom stereocenters. The molecule has 100 valence electrons. The number of aromatic nitrogens is 2. The monoisotopic (exact) mass is 313 g/mol. The van der Waals surface area contributed by atoms with E-state index in [2.05, 4.69) is 28.0 Å². The Morgan fingerprint density at radius 1 is 1.50 bits per heavy atom. The lowest BCUT2D eigenvalue weighted by Gasteiger charge is -2.33. The zero-order chi connectivity index (χ0) is 13.3. The Morgan fingerprint density at radius 2 is 2.11 bits per heavy atom. The van der Waals surface area contributed by atoms with Crippen molar-refractivity contribution in [1.82, 2.24) is 14.7 Å². The van der Waals surface area contributed by atoms with Crippen LogP contribution in [0.2, 0.25) is 0 Å². The van der Waals surface area contributed by atoms with Crippen LogP contribution in [0.25, 0.3) is 0 Å². The van der Waals surface area contributed by atoms with Gasteiger partial charge in [0, 0.05) is 30.7 Å². The number of hydrogen-bond donors (Lipinski definition) is 0. The van der Waals surface area contributed by atoms with Crippen molar-refractivity contribution in [2.45, 2.75) is 31.5 Å². The third kappa shape index (κ3) is 2.60. The fourth-order valence-corrected chi connectivity index (χ4v) is 2.97. The van der Waals surface area contributed by atoms with E-state index in [1.54, 1.807) is 10.9 Å². The van der Waals surface area contributed by atoms with Crippen LogP contribution in [0.5, 0.6) is 0 Å². The molecular formula is C13H20BrN3O. The zero-order valence-electron chi connectivity index (χ0n) is 11.2. The van der Waals surface area contributed by atoms with Crippen molar-refractivity contribution >= 4 is 21.8 Å². The van der Waals surface area contributed by atoms with Gasteiger partial charge in [-0.25, -0.2) is 0 Å². The number of rotatable bonds is 2. The lowest BCUT2D eigenvalue weighted by molar-refractivity contribution is 0.0690. The van der Waals surface area contributed by atoms with Crippen molar-refractivity contribution in [1.29, 1.82) is 0 Å². The van der Waals surface area contributed by atoms with E-state index in [9.17, 15) is 4.79 Å². The third-order valence-corrected chi connectivity index (χ3v) is 4.69. The van der Waals surface area contributed by atoms with Crippen molar-refractivity contribution in [2.75, 3.05) is 13.1 Å². The molecule has 1 unspecified atom stereocenters. The van der Waals surface area contributed by atoms with E-state index in [4.69, 9.17) is 0 Å². The van der Waals surface area contributed by atoms with Crippen LogP contribution in [0.3, 0.4) is 0 Å². The van der Waals surface area contributed by atoms with Crippen LogP contribution >= 0.6 is 15.9 Å².